The fraction of sp³-hybridized carbons (Fsp3) is 0.278. The summed E-state index contributed by atoms with van der Waals surface area (Å²) < 4.78 is 5.14. The van der Waals surface area contributed by atoms with Crippen molar-refractivity contribution in [1.29, 1.82) is 0 Å². The zero-order valence-electron chi connectivity index (χ0n) is 14.9. The van der Waals surface area contributed by atoms with Crippen LogP contribution in [0.3, 0.4) is 0 Å². The van der Waals surface area contributed by atoms with Crippen molar-refractivity contribution in [1.82, 2.24) is 10.6 Å². The molecule has 0 unspecified atom stereocenters. The standard InChI is InChI=1S/C18H23N5O3/c1-19-18(22-13-14-7-9-15(26-2)10-8-14)21-12-11-20-16-5-3-4-6-17(16)23(24)25/h3-10,20H,11-13H2,1-2H3,(H2,19,21,22). The number of ether oxygens (including phenoxy) is 1. The van der Waals surface area contributed by atoms with Gasteiger partial charge in [0.25, 0.3) is 5.69 Å². The summed E-state index contributed by atoms with van der Waals surface area (Å²) in [6.45, 7) is 1.71. The Kier molecular flexibility index (Phi) is 7.23. The quantitative estimate of drug-likeness (QED) is 0.220. The van der Waals surface area contributed by atoms with E-state index in [9.17, 15) is 10.1 Å². The molecule has 0 heterocycles. The first-order valence-electron chi connectivity index (χ1n) is 8.18. The lowest BCUT2D eigenvalue weighted by Crippen LogP contribution is -2.39. The van der Waals surface area contributed by atoms with Crippen molar-refractivity contribution < 1.29 is 9.66 Å². The first-order valence-corrected chi connectivity index (χ1v) is 8.18. The second-order valence-electron chi connectivity index (χ2n) is 5.40. The maximum atomic E-state index is 11.0. The molecule has 8 nitrogen and oxygen atoms in total. The van der Waals surface area contributed by atoms with E-state index in [1.54, 1.807) is 32.4 Å². The van der Waals surface area contributed by atoms with Crippen LogP contribution in [-0.2, 0) is 6.54 Å². The lowest BCUT2D eigenvalue weighted by Gasteiger charge is -2.13. The molecule has 0 aliphatic heterocycles. The number of rotatable bonds is 8. The smallest absolute Gasteiger partial charge is 0.292 e. The SMILES string of the molecule is CN=C(NCCNc1ccccc1[N+](=O)[O-])NCc1ccc(OC)cc1. The Balaban J connectivity index is 1.76. The number of anilines is 1. The molecule has 0 atom stereocenters. The van der Waals surface area contributed by atoms with Crippen molar-refractivity contribution in [3.05, 3.63) is 64.2 Å². The molecule has 0 saturated heterocycles. The van der Waals surface area contributed by atoms with Crippen LogP contribution in [0.15, 0.2) is 53.5 Å². The molecule has 2 rings (SSSR count). The van der Waals surface area contributed by atoms with Crippen molar-refractivity contribution in [2.75, 3.05) is 32.6 Å². The number of methoxy groups -OCH3 is 1. The molecule has 0 fully saturated rings. The second kappa shape index (κ2) is 9.87. The van der Waals surface area contributed by atoms with Gasteiger partial charge in [-0.2, -0.15) is 0 Å². The summed E-state index contributed by atoms with van der Waals surface area (Å²) in [6.07, 6.45) is 0. The number of hydrogen-bond donors (Lipinski definition) is 3. The van der Waals surface area contributed by atoms with E-state index in [0.29, 0.717) is 31.3 Å². The average molecular weight is 357 g/mol. The fourth-order valence-corrected chi connectivity index (χ4v) is 2.31. The minimum atomic E-state index is -0.398. The second-order valence-corrected chi connectivity index (χ2v) is 5.40. The Morgan fingerprint density at radius 1 is 1.12 bits per heavy atom. The fourth-order valence-electron chi connectivity index (χ4n) is 2.31. The normalized spacial score (nSPS) is 10.9. The van der Waals surface area contributed by atoms with E-state index in [2.05, 4.69) is 20.9 Å². The van der Waals surface area contributed by atoms with E-state index >= 15 is 0 Å². The highest BCUT2D eigenvalue weighted by molar-refractivity contribution is 5.79. The van der Waals surface area contributed by atoms with Gasteiger partial charge in [0.2, 0.25) is 0 Å². The number of para-hydroxylation sites is 2. The van der Waals surface area contributed by atoms with Gasteiger partial charge in [0.1, 0.15) is 11.4 Å². The number of nitro groups is 1. The molecule has 0 spiro atoms. The van der Waals surface area contributed by atoms with Crippen molar-refractivity contribution >= 4 is 17.3 Å². The van der Waals surface area contributed by atoms with Crippen LogP contribution in [0, 0.1) is 10.1 Å². The van der Waals surface area contributed by atoms with Gasteiger partial charge in [-0.1, -0.05) is 24.3 Å². The van der Waals surface area contributed by atoms with Gasteiger partial charge in [0.05, 0.1) is 12.0 Å². The summed E-state index contributed by atoms with van der Waals surface area (Å²) in [5.41, 5.74) is 1.67. The number of nitrogens with one attached hydrogen (secondary N) is 3. The van der Waals surface area contributed by atoms with Crippen LogP contribution >= 0.6 is 0 Å². The predicted molar refractivity (Wildman–Crippen MR) is 103 cm³/mol. The van der Waals surface area contributed by atoms with Crippen molar-refractivity contribution in [3.63, 3.8) is 0 Å². The van der Waals surface area contributed by atoms with E-state index in [-0.39, 0.29) is 5.69 Å². The predicted octanol–water partition coefficient (Wildman–Crippen LogP) is 2.38. The molecule has 3 N–H and O–H groups in total. The van der Waals surface area contributed by atoms with E-state index < -0.39 is 4.92 Å². The van der Waals surface area contributed by atoms with Crippen LogP contribution in [0.4, 0.5) is 11.4 Å². The number of hydrogen-bond acceptors (Lipinski definition) is 5. The summed E-state index contributed by atoms with van der Waals surface area (Å²) in [7, 11) is 3.33. The highest BCUT2D eigenvalue weighted by Gasteiger charge is 2.11. The van der Waals surface area contributed by atoms with Crippen LogP contribution < -0.4 is 20.7 Å². The van der Waals surface area contributed by atoms with Crippen LogP contribution in [0.2, 0.25) is 0 Å². The Bertz CT molecular complexity index is 747. The molecule has 0 radical (unpaired) electrons. The first kappa shape index (κ1) is 19.0. The third-order valence-electron chi connectivity index (χ3n) is 3.68. The monoisotopic (exact) mass is 357 g/mol. The van der Waals surface area contributed by atoms with Crippen LogP contribution in [-0.4, -0.2) is 38.1 Å². The molecule has 0 saturated carbocycles. The van der Waals surface area contributed by atoms with Crippen molar-refractivity contribution in [2.45, 2.75) is 6.54 Å². The maximum absolute atomic E-state index is 11.0. The number of nitro benzene ring substituents is 1. The summed E-state index contributed by atoms with van der Waals surface area (Å²) in [6, 6.07) is 14.3. The lowest BCUT2D eigenvalue weighted by atomic mass is 10.2. The van der Waals surface area contributed by atoms with Gasteiger partial charge in [-0.25, -0.2) is 0 Å². The molecule has 8 heteroatoms. The molecule has 0 aliphatic rings. The minimum absolute atomic E-state index is 0.0644. The highest BCUT2D eigenvalue weighted by Crippen LogP contribution is 2.22. The van der Waals surface area contributed by atoms with E-state index in [1.165, 1.54) is 6.07 Å². The van der Waals surface area contributed by atoms with Gasteiger partial charge in [-0.15, -0.1) is 0 Å². The Labute approximate surface area is 152 Å². The van der Waals surface area contributed by atoms with Crippen molar-refractivity contribution in [2.24, 2.45) is 4.99 Å². The largest absolute Gasteiger partial charge is 0.497 e. The first-order chi connectivity index (χ1) is 12.6. The molecule has 2 aromatic carbocycles. The molecule has 0 aromatic heterocycles. The van der Waals surface area contributed by atoms with Gasteiger partial charge >= 0.3 is 0 Å². The zero-order chi connectivity index (χ0) is 18.8. The number of aliphatic imine (C=N–C) groups is 1. The minimum Gasteiger partial charge on any atom is -0.497 e. The van der Waals surface area contributed by atoms with Gasteiger partial charge in [0.15, 0.2) is 5.96 Å². The lowest BCUT2D eigenvalue weighted by molar-refractivity contribution is -0.384. The van der Waals surface area contributed by atoms with Gasteiger partial charge < -0.3 is 20.7 Å². The van der Waals surface area contributed by atoms with Crippen LogP contribution in [0.1, 0.15) is 5.56 Å². The maximum Gasteiger partial charge on any atom is 0.292 e. The van der Waals surface area contributed by atoms with Crippen LogP contribution in [0.5, 0.6) is 5.75 Å². The number of nitrogens with zero attached hydrogens (tertiary/aromatic N) is 2. The molecular weight excluding hydrogens is 334 g/mol. The van der Waals surface area contributed by atoms with E-state index in [4.69, 9.17) is 4.74 Å². The molecule has 0 amide bonds. The average Bonchev–Trinajstić information content (AvgIpc) is 2.68. The van der Waals surface area contributed by atoms with Crippen LogP contribution in [0.25, 0.3) is 0 Å². The van der Waals surface area contributed by atoms with Gasteiger partial charge in [-0.3, -0.25) is 15.1 Å². The third-order valence-corrected chi connectivity index (χ3v) is 3.68. The molecule has 138 valence electrons. The Morgan fingerprint density at radius 2 is 1.85 bits per heavy atom. The van der Waals surface area contributed by atoms with E-state index in [0.717, 1.165) is 11.3 Å². The van der Waals surface area contributed by atoms with Crippen molar-refractivity contribution in [3.8, 4) is 5.75 Å². The van der Waals surface area contributed by atoms with Gasteiger partial charge in [-0.05, 0) is 23.8 Å². The highest BCUT2D eigenvalue weighted by atomic mass is 16.6. The summed E-state index contributed by atoms with van der Waals surface area (Å²) >= 11 is 0. The Morgan fingerprint density at radius 3 is 2.50 bits per heavy atom. The topological polar surface area (TPSA) is 101 Å². The summed E-state index contributed by atoms with van der Waals surface area (Å²) in [4.78, 5) is 14.7. The summed E-state index contributed by atoms with van der Waals surface area (Å²) in [5, 5.41) is 20.4. The number of benzene rings is 2. The molecule has 2 aromatic rings. The third kappa shape index (κ3) is 5.66. The zero-order valence-corrected chi connectivity index (χ0v) is 14.9. The summed E-state index contributed by atoms with van der Waals surface area (Å²) in [5.74, 6) is 1.47. The molecule has 0 aliphatic carbocycles. The molecular formula is C18H23N5O3. The van der Waals surface area contributed by atoms with E-state index in [1.807, 2.05) is 24.3 Å². The van der Waals surface area contributed by atoms with Gasteiger partial charge in [0, 0.05) is 32.7 Å². The molecule has 0 bridgehead atoms. The number of guanidine groups is 1. The molecule has 26 heavy (non-hydrogen) atoms. The Hall–Kier alpha value is -3.29.